The fraction of sp³-hybridized carbons (Fsp3) is 1.00. The van der Waals surface area contributed by atoms with Crippen molar-refractivity contribution in [2.24, 2.45) is 5.92 Å². The highest BCUT2D eigenvalue weighted by atomic mass is 32.2. The van der Waals surface area contributed by atoms with Crippen molar-refractivity contribution < 1.29 is 8.76 Å². The molecule has 0 heterocycles. The van der Waals surface area contributed by atoms with Gasteiger partial charge in [-0.3, -0.25) is 4.55 Å². The van der Waals surface area contributed by atoms with E-state index in [4.69, 9.17) is 4.55 Å². The van der Waals surface area contributed by atoms with Crippen LogP contribution < -0.4 is 4.72 Å². The molecule has 0 radical (unpaired) electrons. The van der Waals surface area contributed by atoms with Gasteiger partial charge in [-0.05, 0) is 12.3 Å². The van der Waals surface area contributed by atoms with Crippen LogP contribution in [0.4, 0.5) is 0 Å². The summed E-state index contributed by atoms with van der Waals surface area (Å²) < 4.78 is 21.2. The monoisotopic (exact) mass is 191 g/mol. The van der Waals surface area contributed by atoms with Crippen LogP contribution in [-0.2, 0) is 11.3 Å². The number of rotatable bonds is 4. The minimum absolute atomic E-state index is 0.674. The molecule has 0 aromatic rings. The SMILES string of the molecule is O=S(O)NCCC1CCCCC1. The van der Waals surface area contributed by atoms with Crippen LogP contribution in [0.25, 0.3) is 0 Å². The van der Waals surface area contributed by atoms with Gasteiger partial charge in [-0.25, -0.2) is 8.93 Å². The molecule has 2 N–H and O–H groups in total. The fourth-order valence-electron chi connectivity index (χ4n) is 1.83. The van der Waals surface area contributed by atoms with Crippen LogP contribution >= 0.6 is 0 Å². The molecule has 1 aliphatic carbocycles. The molecule has 0 amide bonds. The molecule has 1 fully saturated rings. The van der Waals surface area contributed by atoms with Crippen LogP contribution in [0, 0.1) is 5.92 Å². The summed E-state index contributed by atoms with van der Waals surface area (Å²) in [7, 11) is 0. The lowest BCUT2D eigenvalue weighted by Crippen LogP contribution is -2.20. The predicted octanol–water partition coefficient (Wildman–Crippen LogP) is 1.68. The lowest BCUT2D eigenvalue weighted by molar-refractivity contribution is 0.339. The lowest BCUT2D eigenvalue weighted by Gasteiger charge is -2.20. The predicted molar refractivity (Wildman–Crippen MR) is 50.0 cm³/mol. The summed E-state index contributed by atoms with van der Waals surface area (Å²) in [5, 5.41) is 0. The molecule has 0 bridgehead atoms. The molecule has 0 saturated heterocycles. The quantitative estimate of drug-likeness (QED) is 0.664. The topological polar surface area (TPSA) is 49.3 Å². The van der Waals surface area contributed by atoms with E-state index in [1.165, 1.54) is 32.1 Å². The molecule has 1 saturated carbocycles. The molecule has 0 aromatic carbocycles. The van der Waals surface area contributed by atoms with E-state index in [-0.39, 0.29) is 0 Å². The average Bonchev–Trinajstić information content (AvgIpc) is 2.05. The second-order valence-corrected chi connectivity index (χ2v) is 4.22. The first-order chi connectivity index (χ1) is 5.79. The van der Waals surface area contributed by atoms with Gasteiger partial charge in [-0.2, -0.15) is 0 Å². The van der Waals surface area contributed by atoms with E-state index < -0.39 is 11.3 Å². The summed E-state index contributed by atoms with van der Waals surface area (Å²) in [6, 6.07) is 0. The highest BCUT2D eigenvalue weighted by Crippen LogP contribution is 2.25. The molecule has 1 atom stereocenters. The van der Waals surface area contributed by atoms with Gasteiger partial charge in [-0.15, -0.1) is 0 Å². The zero-order chi connectivity index (χ0) is 8.81. The van der Waals surface area contributed by atoms with E-state index in [9.17, 15) is 4.21 Å². The second kappa shape index (κ2) is 5.67. The third-order valence-electron chi connectivity index (χ3n) is 2.50. The fourth-order valence-corrected chi connectivity index (χ4v) is 2.12. The van der Waals surface area contributed by atoms with Crippen LogP contribution in [-0.4, -0.2) is 15.3 Å². The molecule has 0 aromatic heterocycles. The Kier molecular flexibility index (Phi) is 4.80. The molecule has 1 aliphatic rings. The zero-order valence-electron chi connectivity index (χ0n) is 7.29. The Bertz CT molecular complexity index is 146. The van der Waals surface area contributed by atoms with Crippen molar-refractivity contribution in [2.75, 3.05) is 6.54 Å². The number of nitrogens with one attached hydrogen (secondary N) is 1. The molecule has 4 heteroatoms. The first kappa shape index (κ1) is 10.2. The molecule has 12 heavy (non-hydrogen) atoms. The van der Waals surface area contributed by atoms with E-state index in [2.05, 4.69) is 4.72 Å². The van der Waals surface area contributed by atoms with Crippen LogP contribution in [0.2, 0.25) is 0 Å². The third-order valence-corrected chi connectivity index (χ3v) is 2.95. The van der Waals surface area contributed by atoms with Gasteiger partial charge >= 0.3 is 0 Å². The second-order valence-electron chi connectivity index (χ2n) is 3.44. The van der Waals surface area contributed by atoms with Crippen LogP contribution in [0.15, 0.2) is 0 Å². The van der Waals surface area contributed by atoms with E-state index in [0.717, 1.165) is 12.3 Å². The van der Waals surface area contributed by atoms with Gasteiger partial charge in [0, 0.05) is 6.54 Å². The smallest absolute Gasteiger partial charge is 0.231 e. The summed E-state index contributed by atoms with van der Waals surface area (Å²) in [6.45, 7) is 0.674. The van der Waals surface area contributed by atoms with E-state index in [1.807, 2.05) is 0 Å². The Labute approximate surface area is 76.4 Å². The van der Waals surface area contributed by atoms with Crippen molar-refractivity contribution in [3.8, 4) is 0 Å². The summed E-state index contributed by atoms with van der Waals surface area (Å²) in [5.74, 6) is 0.787. The van der Waals surface area contributed by atoms with Crippen molar-refractivity contribution in [3.63, 3.8) is 0 Å². The third kappa shape index (κ3) is 4.18. The van der Waals surface area contributed by atoms with Crippen molar-refractivity contribution in [1.29, 1.82) is 0 Å². The maximum absolute atomic E-state index is 10.2. The van der Waals surface area contributed by atoms with Crippen LogP contribution in [0.5, 0.6) is 0 Å². The molecule has 72 valence electrons. The van der Waals surface area contributed by atoms with Crippen molar-refractivity contribution in [2.45, 2.75) is 38.5 Å². The minimum atomic E-state index is -1.82. The molecule has 1 rings (SSSR count). The Morgan fingerprint density at radius 1 is 1.33 bits per heavy atom. The number of hydrogen-bond donors (Lipinski definition) is 2. The molecule has 0 spiro atoms. The van der Waals surface area contributed by atoms with Gasteiger partial charge in [0.25, 0.3) is 0 Å². The number of hydrogen-bond acceptors (Lipinski definition) is 1. The summed E-state index contributed by atoms with van der Waals surface area (Å²) >= 11 is -1.82. The minimum Gasteiger partial charge on any atom is -0.294 e. The van der Waals surface area contributed by atoms with Gasteiger partial charge in [0.15, 0.2) is 0 Å². The lowest BCUT2D eigenvalue weighted by atomic mass is 9.87. The van der Waals surface area contributed by atoms with Crippen LogP contribution in [0.3, 0.4) is 0 Å². The molecule has 0 aliphatic heterocycles. The highest BCUT2D eigenvalue weighted by Gasteiger charge is 2.12. The Balaban J connectivity index is 2.01. The molecular weight excluding hydrogens is 174 g/mol. The summed E-state index contributed by atoms with van der Waals surface area (Å²) in [4.78, 5) is 0. The van der Waals surface area contributed by atoms with E-state index >= 15 is 0 Å². The van der Waals surface area contributed by atoms with Crippen LogP contribution in [0.1, 0.15) is 38.5 Å². The highest BCUT2D eigenvalue weighted by molar-refractivity contribution is 7.77. The van der Waals surface area contributed by atoms with Crippen molar-refractivity contribution in [1.82, 2.24) is 4.72 Å². The first-order valence-electron chi connectivity index (χ1n) is 4.63. The molecule has 3 nitrogen and oxygen atoms in total. The van der Waals surface area contributed by atoms with E-state index in [0.29, 0.717) is 6.54 Å². The normalized spacial score (nSPS) is 22.4. The Morgan fingerprint density at radius 3 is 2.58 bits per heavy atom. The summed E-state index contributed by atoms with van der Waals surface area (Å²) in [5.41, 5.74) is 0. The standard InChI is InChI=1S/C8H17NO2S/c10-12(11)9-7-6-8-4-2-1-3-5-8/h8-9H,1-7H2,(H,10,11). The Hall–Kier alpha value is 0.0700. The van der Waals surface area contributed by atoms with Gasteiger partial charge < -0.3 is 0 Å². The zero-order valence-corrected chi connectivity index (χ0v) is 8.11. The van der Waals surface area contributed by atoms with Gasteiger partial charge in [0.1, 0.15) is 0 Å². The molecule has 1 unspecified atom stereocenters. The molecular formula is C8H17NO2S. The first-order valence-corrected chi connectivity index (χ1v) is 5.74. The van der Waals surface area contributed by atoms with Gasteiger partial charge in [0.05, 0.1) is 0 Å². The summed E-state index contributed by atoms with van der Waals surface area (Å²) in [6.07, 6.45) is 7.71. The maximum Gasteiger partial charge on any atom is 0.231 e. The maximum atomic E-state index is 10.2. The van der Waals surface area contributed by atoms with Crippen molar-refractivity contribution in [3.05, 3.63) is 0 Å². The average molecular weight is 191 g/mol. The Morgan fingerprint density at radius 2 is 2.00 bits per heavy atom. The van der Waals surface area contributed by atoms with Gasteiger partial charge in [0.2, 0.25) is 11.3 Å². The van der Waals surface area contributed by atoms with E-state index in [1.54, 1.807) is 0 Å². The largest absolute Gasteiger partial charge is 0.294 e. The van der Waals surface area contributed by atoms with Gasteiger partial charge in [-0.1, -0.05) is 32.1 Å². The van der Waals surface area contributed by atoms with Crippen molar-refractivity contribution >= 4 is 11.3 Å².